The smallest absolute Gasteiger partial charge is 0.406 e. The summed E-state index contributed by atoms with van der Waals surface area (Å²) >= 11 is 0. The third-order valence-corrected chi connectivity index (χ3v) is 3.79. The number of alkyl halides is 3. The SMILES string of the molecule is CC(C)c1cc(-c2ncn(-c3ccc(OC(F)(F)F)cc3)n2)ccc1N. The molecule has 0 unspecified atom stereocenters. The fraction of sp³-hybridized carbons (Fsp3) is 0.222. The van der Waals surface area contributed by atoms with Crippen LogP contribution in [0.2, 0.25) is 0 Å². The fourth-order valence-electron chi connectivity index (χ4n) is 2.53. The maximum Gasteiger partial charge on any atom is 0.573 e. The molecule has 3 rings (SSSR count). The molecule has 0 spiro atoms. The Hall–Kier alpha value is -3.03. The van der Waals surface area contributed by atoms with E-state index >= 15 is 0 Å². The van der Waals surface area contributed by atoms with Crippen LogP contribution in [-0.2, 0) is 0 Å². The highest BCUT2D eigenvalue weighted by molar-refractivity contribution is 5.63. The van der Waals surface area contributed by atoms with Crippen LogP contribution >= 0.6 is 0 Å². The zero-order valence-corrected chi connectivity index (χ0v) is 14.2. The first-order valence-corrected chi connectivity index (χ1v) is 7.90. The van der Waals surface area contributed by atoms with Crippen LogP contribution in [0.4, 0.5) is 18.9 Å². The third-order valence-electron chi connectivity index (χ3n) is 3.79. The first-order chi connectivity index (χ1) is 12.2. The van der Waals surface area contributed by atoms with E-state index in [2.05, 4.69) is 14.8 Å². The molecule has 26 heavy (non-hydrogen) atoms. The quantitative estimate of drug-likeness (QED) is 0.692. The number of aromatic nitrogens is 3. The topological polar surface area (TPSA) is 66.0 Å². The summed E-state index contributed by atoms with van der Waals surface area (Å²) in [5, 5.41) is 4.39. The standard InChI is InChI=1S/C18H17F3N4O/c1-11(2)15-9-12(3-8-16(15)22)17-23-10-25(24-17)13-4-6-14(7-5-13)26-18(19,20)21/h3-11H,22H2,1-2H3. The Bertz CT molecular complexity index is 902. The van der Waals surface area contributed by atoms with Gasteiger partial charge in [-0.15, -0.1) is 18.3 Å². The Labute approximate surface area is 148 Å². The van der Waals surface area contributed by atoms with Crippen molar-refractivity contribution in [1.29, 1.82) is 0 Å². The second kappa shape index (κ2) is 6.70. The van der Waals surface area contributed by atoms with Gasteiger partial charge in [-0.05, 0) is 53.9 Å². The summed E-state index contributed by atoms with van der Waals surface area (Å²) in [5.41, 5.74) is 9.09. The number of nitrogen functional groups attached to an aromatic ring is 1. The van der Waals surface area contributed by atoms with Crippen LogP contribution in [0, 0.1) is 0 Å². The third kappa shape index (κ3) is 3.96. The van der Waals surface area contributed by atoms with E-state index in [4.69, 9.17) is 5.73 Å². The molecule has 0 fully saturated rings. The molecule has 0 atom stereocenters. The largest absolute Gasteiger partial charge is 0.573 e. The van der Waals surface area contributed by atoms with E-state index < -0.39 is 6.36 Å². The van der Waals surface area contributed by atoms with Crippen molar-refractivity contribution >= 4 is 5.69 Å². The van der Waals surface area contributed by atoms with Gasteiger partial charge in [0, 0.05) is 11.3 Å². The van der Waals surface area contributed by atoms with E-state index in [1.165, 1.54) is 35.3 Å². The Balaban J connectivity index is 1.85. The van der Waals surface area contributed by atoms with Crippen molar-refractivity contribution < 1.29 is 17.9 Å². The summed E-state index contributed by atoms with van der Waals surface area (Å²) < 4.78 is 42.0. The second-order valence-corrected chi connectivity index (χ2v) is 6.05. The molecule has 2 N–H and O–H groups in total. The van der Waals surface area contributed by atoms with Gasteiger partial charge in [0.1, 0.15) is 12.1 Å². The molecule has 0 aliphatic heterocycles. The van der Waals surface area contributed by atoms with E-state index in [1.54, 1.807) is 0 Å². The molecule has 0 amide bonds. The van der Waals surface area contributed by atoms with Gasteiger partial charge >= 0.3 is 6.36 Å². The molecular weight excluding hydrogens is 345 g/mol. The summed E-state index contributed by atoms with van der Waals surface area (Å²) in [4.78, 5) is 4.27. The Morgan fingerprint density at radius 2 is 1.77 bits per heavy atom. The van der Waals surface area contributed by atoms with E-state index in [0.29, 0.717) is 17.2 Å². The maximum absolute atomic E-state index is 12.2. The van der Waals surface area contributed by atoms with Crippen molar-refractivity contribution in [3.8, 4) is 22.8 Å². The number of anilines is 1. The number of rotatable bonds is 4. The lowest BCUT2D eigenvalue weighted by Crippen LogP contribution is -2.17. The summed E-state index contributed by atoms with van der Waals surface area (Å²) in [6.45, 7) is 4.10. The predicted molar refractivity (Wildman–Crippen MR) is 92.0 cm³/mol. The lowest BCUT2D eigenvalue weighted by atomic mass is 9.98. The average molecular weight is 362 g/mol. The number of nitrogens with zero attached hydrogens (tertiary/aromatic N) is 3. The van der Waals surface area contributed by atoms with Crippen LogP contribution in [0.15, 0.2) is 48.8 Å². The monoisotopic (exact) mass is 362 g/mol. The van der Waals surface area contributed by atoms with E-state index in [1.807, 2.05) is 32.0 Å². The molecule has 0 radical (unpaired) electrons. The highest BCUT2D eigenvalue weighted by atomic mass is 19.4. The number of halogens is 3. The molecule has 3 aromatic rings. The van der Waals surface area contributed by atoms with Crippen LogP contribution in [0.5, 0.6) is 5.75 Å². The molecule has 8 heteroatoms. The van der Waals surface area contributed by atoms with Crippen molar-refractivity contribution in [2.24, 2.45) is 0 Å². The lowest BCUT2D eigenvalue weighted by Gasteiger charge is -2.10. The summed E-state index contributed by atoms with van der Waals surface area (Å²) in [7, 11) is 0. The molecule has 0 aliphatic rings. The van der Waals surface area contributed by atoms with Crippen molar-refractivity contribution in [1.82, 2.24) is 14.8 Å². The maximum atomic E-state index is 12.2. The molecule has 0 bridgehead atoms. The second-order valence-electron chi connectivity index (χ2n) is 6.05. The van der Waals surface area contributed by atoms with Gasteiger partial charge in [0.25, 0.3) is 0 Å². The van der Waals surface area contributed by atoms with Crippen molar-refractivity contribution in [3.63, 3.8) is 0 Å². The molecular formula is C18H17F3N4O. The van der Waals surface area contributed by atoms with Gasteiger partial charge in [-0.1, -0.05) is 13.8 Å². The van der Waals surface area contributed by atoms with E-state index in [-0.39, 0.29) is 11.7 Å². The van der Waals surface area contributed by atoms with Gasteiger partial charge in [-0.2, -0.15) is 0 Å². The van der Waals surface area contributed by atoms with Gasteiger partial charge in [0.2, 0.25) is 0 Å². The predicted octanol–water partition coefficient (Wildman–Crippen LogP) is 4.54. The van der Waals surface area contributed by atoms with Crippen molar-refractivity contribution in [2.75, 3.05) is 5.73 Å². The zero-order chi connectivity index (χ0) is 18.9. The number of hydrogen-bond acceptors (Lipinski definition) is 4. The highest BCUT2D eigenvalue weighted by Gasteiger charge is 2.31. The van der Waals surface area contributed by atoms with Crippen molar-refractivity contribution in [2.45, 2.75) is 26.1 Å². The summed E-state index contributed by atoms with van der Waals surface area (Å²) in [6, 6.07) is 11.0. The fourth-order valence-corrected chi connectivity index (χ4v) is 2.53. The molecule has 136 valence electrons. The Kier molecular flexibility index (Phi) is 4.58. The molecule has 0 saturated heterocycles. The summed E-state index contributed by atoms with van der Waals surface area (Å²) in [6.07, 6.45) is -3.22. The molecule has 1 aromatic heterocycles. The summed E-state index contributed by atoms with van der Waals surface area (Å²) in [5.74, 6) is 0.474. The van der Waals surface area contributed by atoms with E-state index in [9.17, 15) is 13.2 Å². The molecule has 0 aliphatic carbocycles. The van der Waals surface area contributed by atoms with Crippen LogP contribution < -0.4 is 10.5 Å². The zero-order valence-electron chi connectivity index (χ0n) is 14.2. The molecule has 0 saturated carbocycles. The molecule has 1 heterocycles. The lowest BCUT2D eigenvalue weighted by molar-refractivity contribution is -0.274. The van der Waals surface area contributed by atoms with Crippen LogP contribution in [0.1, 0.15) is 25.3 Å². The Morgan fingerprint density at radius 1 is 1.08 bits per heavy atom. The van der Waals surface area contributed by atoms with E-state index in [0.717, 1.165) is 11.1 Å². The average Bonchev–Trinajstić information content (AvgIpc) is 3.04. The van der Waals surface area contributed by atoms with Crippen molar-refractivity contribution in [3.05, 3.63) is 54.4 Å². The highest BCUT2D eigenvalue weighted by Crippen LogP contribution is 2.27. The van der Waals surface area contributed by atoms with Gasteiger partial charge in [-0.3, -0.25) is 0 Å². The number of nitrogens with two attached hydrogens (primary N) is 1. The van der Waals surface area contributed by atoms with Gasteiger partial charge in [0.15, 0.2) is 5.82 Å². The van der Waals surface area contributed by atoms with Crippen LogP contribution in [0.3, 0.4) is 0 Å². The normalized spacial score (nSPS) is 11.8. The number of hydrogen-bond donors (Lipinski definition) is 1. The first-order valence-electron chi connectivity index (χ1n) is 7.90. The van der Waals surface area contributed by atoms with Gasteiger partial charge < -0.3 is 10.5 Å². The van der Waals surface area contributed by atoms with Gasteiger partial charge in [0.05, 0.1) is 5.69 Å². The number of ether oxygens (including phenoxy) is 1. The minimum atomic E-state index is -4.72. The van der Waals surface area contributed by atoms with Crippen LogP contribution in [-0.4, -0.2) is 21.1 Å². The van der Waals surface area contributed by atoms with Crippen LogP contribution in [0.25, 0.3) is 17.1 Å². The Morgan fingerprint density at radius 3 is 2.38 bits per heavy atom. The number of benzene rings is 2. The first kappa shape index (κ1) is 17.8. The minimum absolute atomic E-state index is 0.262. The molecule has 2 aromatic carbocycles. The van der Waals surface area contributed by atoms with Gasteiger partial charge in [-0.25, -0.2) is 9.67 Å². The minimum Gasteiger partial charge on any atom is -0.406 e. The molecule has 5 nitrogen and oxygen atoms in total.